The van der Waals surface area contributed by atoms with Gasteiger partial charge < -0.3 is 10.6 Å². The average Bonchev–Trinajstić information content (AvgIpc) is 2.86. The number of aromatic nitrogens is 2. The minimum atomic E-state index is 0.0856. The molecule has 1 saturated heterocycles. The first kappa shape index (κ1) is 10.6. The molecule has 0 amide bonds. The van der Waals surface area contributed by atoms with Crippen LogP contribution in [-0.2, 0) is 0 Å². The second-order valence-corrected chi connectivity index (χ2v) is 4.38. The zero-order valence-corrected chi connectivity index (χ0v) is 9.56. The number of nitrogens with two attached hydrogens (primary N) is 1. The zero-order valence-electron chi connectivity index (χ0n) is 9.56. The topological polar surface area (TPSA) is 47.1 Å². The number of hydrogen-bond donors (Lipinski definition) is 1. The van der Waals surface area contributed by atoms with Crippen molar-refractivity contribution in [1.29, 1.82) is 0 Å². The van der Waals surface area contributed by atoms with Crippen molar-refractivity contribution in [2.24, 2.45) is 5.73 Å². The van der Waals surface area contributed by atoms with Crippen LogP contribution in [0.4, 0.5) is 0 Å². The van der Waals surface area contributed by atoms with Crippen LogP contribution in [0.25, 0.3) is 0 Å². The zero-order chi connectivity index (χ0) is 10.8. The molecule has 2 heterocycles. The van der Waals surface area contributed by atoms with Gasteiger partial charge in [-0.1, -0.05) is 6.92 Å². The van der Waals surface area contributed by atoms with Gasteiger partial charge in [0.15, 0.2) is 0 Å². The molecule has 2 N–H and O–H groups in total. The van der Waals surface area contributed by atoms with Crippen molar-refractivity contribution in [1.82, 2.24) is 14.7 Å². The molecule has 1 aromatic heterocycles. The quantitative estimate of drug-likeness (QED) is 0.811. The molecule has 2 atom stereocenters. The van der Waals surface area contributed by atoms with Gasteiger partial charge >= 0.3 is 0 Å². The fraction of sp³-hybridized carbons (Fsp3) is 0.727. The number of nitrogens with zero attached hydrogens (tertiary/aromatic N) is 3. The van der Waals surface area contributed by atoms with Crippen molar-refractivity contribution >= 4 is 0 Å². The fourth-order valence-electron chi connectivity index (χ4n) is 2.10. The molecule has 0 radical (unpaired) electrons. The summed E-state index contributed by atoms with van der Waals surface area (Å²) >= 11 is 0. The molecule has 4 nitrogen and oxygen atoms in total. The van der Waals surface area contributed by atoms with Gasteiger partial charge in [0.25, 0.3) is 0 Å². The van der Waals surface area contributed by atoms with Crippen LogP contribution < -0.4 is 5.73 Å². The van der Waals surface area contributed by atoms with E-state index in [0.29, 0.717) is 6.04 Å². The fourth-order valence-corrected chi connectivity index (χ4v) is 2.10. The summed E-state index contributed by atoms with van der Waals surface area (Å²) in [7, 11) is 0. The summed E-state index contributed by atoms with van der Waals surface area (Å²) < 4.78 is 2.08. The molecule has 0 bridgehead atoms. The van der Waals surface area contributed by atoms with Crippen molar-refractivity contribution in [3.8, 4) is 0 Å². The highest BCUT2D eigenvalue weighted by Gasteiger charge is 2.23. The van der Waals surface area contributed by atoms with Gasteiger partial charge in [-0.15, -0.1) is 0 Å². The van der Waals surface area contributed by atoms with E-state index in [-0.39, 0.29) is 6.04 Å². The molecule has 0 aromatic carbocycles. The van der Waals surface area contributed by atoms with Crippen molar-refractivity contribution in [2.75, 3.05) is 19.6 Å². The lowest BCUT2D eigenvalue weighted by atomic mass is 10.2. The predicted octanol–water partition coefficient (Wildman–Crippen LogP) is 1.17. The Morgan fingerprint density at radius 1 is 1.67 bits per heavy atom. The largest absolute Gasteiger partial charge is 0.324 e. The first-order valence-corrected chi connectivity index (χ1v) is 5.72. The number of likely N-dealkylation sites (tertiary alicyclic amines) is 1. The molecule has 1 aliphatic heterocycles. The van der Waals surface area contributed by atoms with Gasteiger partial charge in [0, 0.05) is 30.9 Å². The highest BCUT2D eigenvalue weighted by molar-refractivity contribution is 5.09. The van der Waals surface area contributed by atoms with E-state index in [0.717, 1.165) is 18.7 Å². The molecule has 84 valence electrons. The standard InChI is InChI=1S/C11H20N4/c1-3-14-5-4-11(8-14)15-7-10(6-13-15)9(2)12/h6-7,9,11H,3-5,8,12H2,1-2H3. The van der Waals surface area contributed by atoms with Gasteiger partial charge in [0.05, 0.1) is 12.2 Å². The van der Waals surface area contributed by atoms with E-state index >= 15 is 0 Å². The molecule has 1 aromatic rings. The van der Waals surface area contributed by atoms with Crippen LogP contribution in [0, 0.1) is 0 Å². The molecular formula is C11H20N4. The summed E-state index contributed by atoms with van der Waals surface area (Å²) in [5.41, 5.74) is 6.95. The van der Waals surface area contributed by atoms with Crippen molar-refractivity contribution in [3.05, 3.63) is 18.0 Å². The Kier molecular flexibility index (Phi) is 3.07. The van der Waals surface area contributed by atoms with E-state index in [4.69, 9.17) is 5.73 Å². The molecule has 2 rings (SSSR count). The lowest BCUT2D eigenvalue weighted by Gasteiger charge is -2.13. The SMILES string of the molecule is CCN1CCC(n2cc(C(C)N)cn2)C1. The van der Waals surface area contributed by atoms with Crippen molar-refractivity contribution in [3.63, 3.8) is 0 Å². The third-order valence-corrected chi connectivity index (χ3v) is 3.22. The third-order valence-electron chi connectivity index (χ3n) is 3.22. The van der Waals surface area contributed by atoms with Crippen molar-refractivity contribution in [2.45, 2.75) is 32.4 Å². The van der Waals surface area contributed by atoms with E-state index in [1.54, 1.807) is 0 Å². The normalized spacial score (nSPS) is 24.6. The summed E-state index contributed by atoms with van der Waals surface area (Å²) in [5, 5.41) is 4.40. The first-order chi connectivity index (χ1) is 7.20. The highest BCUT2D eigenvalue weighted by atomic mass is 15.3. The third kappa shape index (κ3) is 2.21. The summed E-state index contributed by atoms with van der Waals surface area (Å²) in [6.07, 6.45) is 5.18. The van der Waals surface area contributed by atoms with Crippen LogP contribution in [0.3, 0.4) is 0 Å². The lowest BCUT2D eigenvalue weighted by Crippen LogP contribution is -2.21. The molecular weight excluding hydrogens is 188 g/mol. The molecule has 1 aliphatic rings. The van der Waals surface area contributed by atoms with Gasteiger partial charge in [0.1, 0.15) is 0 Å². The Bertz CT molecular complexity index is 318. The summed E-state index contributed by atoms with van der Waals surface area (Å²) in [5.74, 6) is 0. The van der Waals surface area contributed by atoms with Crippen LogP contribution in [0.5, 0.6) is 0 Å². The molecule has 4 heteroatoms. The van der Waals surface area contributed by atoms with Crippen LogP contribution in [0.15, 0.2) is 12.4 Å². The maximum absolute atomic E-state index is 5.82. The van der Waals surface area contributed by atoms with Gasteiger partial charge in [-0.05, 0) is 19.9 Å². The Labute approximate surface area is 91.1 Å². The van der Waals surface area contributed by atoms with Gasteiger partial charge in [-0.25, -0.2) is 0 Å². The molecule has 1 fully saturated rings. The molecule has 0 saturated carbocycles. The summed E-state index contributed by atoms with van der Waals surface area (Å²) in [6, 6.07) is 0.625. The minimum Gasteiger partial charge on any atom is -0.324 e. The Balaban J connectivity index is 2.04. The molecule has 0 spiro atoms. The van der Waals surface area contributed by atoms with Gasteiger partial charge in [0.2, 0.25) is 0 Å². The highest BCUT2D eigenvalue weighted by Crippen LogP contribution is 2.21. The predicted molar refractivity (Wildman–Crippen MR) is 60.6 cm³/mol. The number of rotatable bonds is 3. The number of likely N-dealkylation sites (N-methyl/N-ethyl adjacent to an activating group) is 1. The van der Waals surface area contributed by atoms with Crippen LogP contribution in [0.1, 0.15) is 37.9 Å². The van der Waals surface area contributed by atoms with Crippen LogP contribution in [-0.4, -0.2) is 34.3 Å². The van der Waals surface area contributed by atoms with E-state index < -0.39 is 0 Å². The van der Waals surface area contributed by atoms with E-state index in [1.807, 2.05) is 13.1 Å². The van der Waals surface area contributed by atoms with E-state index in [2.05, 4.69) is 27.8 Å². The Morgan fingerprint density at radius 2 is 2.47 bits per heavy atom. The average molecular weight is 208 g/mol. The second kappa shape index (κ2) is 4.33. The lowest BCUT2D eigenvalue weighted by molar-refractivity contribution is 0.335. The molecule has 15 heavy (non-hydrogen) atoms. The maximum Gasteiger partial charge on any atom is 0.0658 e. The smallest absolute Gasteiger partial charge is 0.0658 e. The monoisotopic (exact) mass is 208 g/mol. The minimum absolute atomic E-state index is 0.0856. The summed E-state index contributed by atoms with van der Waals surface area (Å²) in [4.78, 5) is 2.46. The Hall–Kier alpha value is -0.870. The molecule has 2 unspecified atom stereocenters. The number of hydrogen-bond acceptors (Lipinski definition) is 3. The van der Waals surface area contributed by atoms with Crippen molar-refractivity contribution < 1.29 is 0 Å². The van der Waals surface area contributed by atoms with Gasteiger partial charge in [-0.3, -0.25) is 4.68 Å². The van der Waals surface area contributed by atoms with Crippen LogP contribution >= 0.6 is 0 Å². The first-order valence-electron chi connectivity index (χ1n) is 5.72. The van der Waals surface area contributed by atoms with E-state index in [9.17, 15) is 0 Å². The molecule has 0 aliphatic carbocycles. The second-order valence-electron chi connectivity index (χ2n) is 4.38. The van der Waals surface area contributed by atoms with Gasteiger partial charge in [-0.2, -0.15) is 5.10 Å². The van der Waals surface area contributed by atoms with Crippen LogP contribution in [0.2, 0.25) is 0 Å². The maximum atomic E-state index is 5.82. The Morgan fingerprint density at radius 3 is 3.00 bits per heavy atom. The summed E-state index contributed by atoms with van der Waals surface area (Å²) in [6.45, 7) is 7.65. The van der Waals surface area contributed by atoms with E-state index in [1.165, 1.54) is 13.0 Å².